The molecule has 27 heavy (non-hydrogen) atoms. The van der Waals surface area contributed by atoms with Crippen LogP contribution < -0.4 is 10.6 Å². The van der Waals surface area contributed by atoms with E-state index in [1.54, 1.807) is 19.1 Å². The maximum atomic E-state index is 13.7. The molecule has 6 heteroatoms. The van der Waals surface area contributed by atoms with Crippen LogP contribution in [-0.4, -0.2) is 47.9 Å². The SMILES string of the molecule is CC(C)=CCN1C[C@H](NC(=O)c2ccc(C)c(F)c2)C[C@H]1C(=O)NC(C)C. The Morgan fingerprint density at radius 3 is 2.63 bits per heavy atom. The fourth-order valence-electron chi connectivity index (χ4n) is 3.17. The number of hydrogen-bond acceptors (Lipinski definition) is 3. The lowest BCUT2D eigenvalue weighted by Crippen LogP contribution is -2.45. The van der Waals surface area contributed by atoms with Crippen molar-refractivity contribution in [2.75, 3.05) is 13.1 Å². The van der Waals surface area contributed by atoms with Crippen molar-refractivity contribution in [1.82, 2.24) is 15.5 Å². The Balaban J connectivity index is 2.08. The van der Waals surface area contributed by atoms with Gasteiger partial charge in [-0.2, -0.15) is 0 Å². The topological polar surface area (TPSA) is 61.4 Å². The Morgan fingerprint density at radius 2 is 2.04 bits per heavy atom. The number of rotatable bonds is 6. The molecule has 0 radical (unpaired) electrons. The van der Waals surface area contributed by atoms with Crippen molar-refractivity contribution >= 4 is 11.8 Å². The zero-order valence-electron chi connectivity index (χ0n) is 16.8. The van der Waals surface area contributed by atoms with Crippen molar-refractivity contribution in [1.29, 1.82) is 0 Å². The van der Waals surface area contributed by atoms with E-state index in [2.05, 4.69) is 21.6 Å². The number of amides is 2. The third-order valence-corrected chi connectivity index (χ3v) is 4.64. The van der Waals surface area contributed by atoms with E-state index in [4.69, 9.17) is 0 Å². The molecule has 2 N–H and O–H groups in total. The Kier molecular flexibility index (Phi) is 7.13. The minimum atomic E-state index is -0.395. The molecular weight excluding hydrogens is 345 g/mol. The maximum absolute atomic E-state index is 13.7. The van der Waals surface area contributed by atoms with Crippen molar-refractivity contribution in [2.45, 2.75) is 59.2 Å². The quantitative estimate of drug-likeness (QED) is 0.752. The van der Waals surface area contributed by atoms with E-state index < -0.39 is 5.82 Å². The molecule has 1 aromatic carbocycles. The first-order valence-electron chi connectivity index (χ1n) is 9.42. The molecule has 1 saturated heterocycles. The van der Waals surface area contributed by atoms with Crippen LogP contribution >= 0.6 is 0 Å². The van der Waals surface area contributed by atoms with E-state index in [9.17, 15) is 14.0 Å². The summed E-state index contributed by atoms with van der Waals surface area (Å²) in [6, 6.07) is 4.08. The number of benzene rings is 1. The lowest BCUT2D eigenvalue weighted by Gasteiger charge is -2.23. The van der Waals surface area contributed by atoms with Gasteiger partial charge in [-0.05, 0) is 58.7 Å². The number of nitrogens with zero attached hydrogens (tertiary/aromatic N) is 1. The van der Waals surface area contributed by atoms with Crippen LogP contribution in [0.4, 0.5) is 4.39 Å². The summed E-state index contributed by atoms with van der Waals surface area (Å²) in [5.41, 5.74) is 1.98. The summed E-state index contributed by atoms with van der Waals surface area (Å²) in [6.45, 7) is 10.8. The molecule has 1 fully saturated rings. The summed E-state index contributed by atoms with van der Waals surface area (Å²) >= 11 is 0. The third-order valence-electron chi connectivity index (χ3n) is 4.64. The summed E-state index contributed by atoms with van der Waals surface area (Å²) in [4.78, 5) is 27.1. The first kappa shape index (κ1) is 21.1. The van der Waals surface area contributed by atoms with Gasteiger partial charge in [0.1, 0.15) is 5.82 Å². The molecule has 2 rings (SSSR count). The molecule has 2 atom stereocenters. The van der Waals surface area contributed by atoms with Crippen LogP contribution in [-0.2, 0) is 4.79 Å². The van der Waals surface area contributed by atoms with Gasteiger partial charge in [-0.25, -0.2) is 4.39 Å². The fourth-order valence-corrected chi connectivity index (χ4v) is 3.17. The Bertz CT molecular complexity index is 726. The minimum Gasteiger partial charge on any atom is -0.353 e. The molecule has 148 valence electrons. The van der Waals surface area contributed by atoms with Crippen molar-refractivity contribution in [2.24, 2.45) is 0 Å². The van der Waals surface area contributed by atoms with Gasteiger partial charge in [0.15, 0.2) is 0 Å². The second kappa shape index (κ2) is 9.13. The Labute approximate surface area is 161 Å². The molecule has 0 saturated carbocycles. The molecule has 1 aliphatic rings. The first-order chi connectivity index (χ1) is 12.7. The largest absolute Gasteiger partial charge is 0.353 e. The molecule has 1 aliphatic heterocycles. The van der Waals surface area contributed by atoms with Crippen LogP contribution in [0.1, 0.15) is 50.0 Å². The van der Waals surface area contributed by atoms with Crippen molar-refractivity contribution in [3.05, 3.63) is 46.8 Å². The van der Waals surface area contributed by atoms with Crippen molar-refractivity contribution in [3.8, 4) is 0 Å². The van der Waals surface area contributed by atoms with Crippen LogP contribution in [0, 0.1) is 12.7 Å². The van der Waals surface area contributed by atoms with E-state index in [1.807, 2.05) is 27.7 Å². The number of carbonyl (C=O) groups is 2. The van der Waals surface area contributed by atoms with Crippen molar-refractivity contribution in [3.63, 3.8) is 0 Å². The zero-order valence-corrected chi connectivity index (χ0v) is 16.8. The second-order valence-corrected chi connectivity index (χ2v) is 7.78. The van der Waals surface area contributed by atoms with E-state index in [-0.39, 0.29) is 29.9 Å². The fraction of sp³-hybridized carbons (Fsp3) is 0.524. The van der Waals surface area contributed by atoms with Gasteiger partial charge in [-0.15, -0.1) is 0 Å². The Morgan fingerprint density at radius 1 is 1.33 bits per heavy atom. The number of hydrogen-bond donors (Lipinski definition) is 2. The highest BCUT2D eigenvalue weighted by molar-refractivity contribution is 5.94. The summed E-state index contributed by atoms with van der Waals surface area (Å²) in [5, 5.41) is 5.91. The highest BCUT2D eigenvalue weighted by Crippen LogP contribution is 2.19. The summed E-state index contributed by atoms with van der Waals surface area (Å²) < 4.78 is 13.7. The van der Waals surface area contributed by atoms with E-state index in [1.165, 1.54) is 11.6 Å². The molecule has 0 aromatic heterocycles. The van der Waals surface area contributed by atoms with Gasteiger partial charge in [0.05, 0.1) is 6.04 Å². The summed E-state index contributed by atoms with van der Waals surface area (Å²) in [5.74, 6) is -0.732. The van der Waals surface area contributed by atoms with Crippen LogP contribution in [0.5, 0.6) is 0 Å². The predicted molar refractivity (Wildman–Crippen MR) is 105 cm³/mol. The van der Waals surface area contributed by atoms with Gasteiger partial charge >= 0.3 is 0 Å². The standard InChI is InChI=1S/C21H30FN3O2/c1-13(2)8-9-25-12-17(11-19(25)21(27)23-14(3)4)24-20(26)16-7-6-15(5)18(22)10-16/h6-8,10,14,17,19H,9,11-12H2,1-5H3,(H,23,27)(H,24,26)/t17-,19+/m1/s1. The summed E-state index contributed by atoms with van der Waals surface area (Å²) in [7, 11) is 0. The smallest absolute Gasteiger partial charge is 0.251 e. The number of allylic oxidation sites excluding steroid dienone is 1. The van der Waals surface area contributed by atoms with Crippen LogP contribution in [0.3, 0.4) is 0 Å². The number of halogens is 1. The van der Waals surface area contributed by atoms with Crippen molar-refractivity contribution < 1.29 is 14.0 Å². The van der Waals surface area contributed by atoms with Gasteiger partial charge in [-0.1, -0.05) is 17.7 Å². The van der Waals surface area contributed by atoms with Gasteiger partial charge in [-0.3, -0.25) is 14.5 Å². The van der Waals surface area contributed by atoms with Gasteiger partial charge in [0.25, 0.3) is 5.91 Å². The Hall–Kier alpha value is -2.21. The number of nitrogens with one attached hydrogen (secondary N) is 2. The monoisotopic (exact) mass is 375 g/mol. The molecule has 1 heterocycles. The molecule has 5 nitrogen and oxygen atoms in total. The molecular formula is C21H30FN3O2. The molecule has 1 aromatic rings. The molecule has 0 spiro atoms. The second-order valence-electron chi connectivity index (χ2n) is 7.78. The van der Waals surface area contributed by atoms with Crippen LogP contribution in [0.15, 0.2) is 29.8 Å². The summed E-state index contributed by atoms with van der Waals surface area (Å²) in [6.07, 6.45) is 2.62. The number of aryl methyl sites for hydroxylation is 1. The first-order valence-corrected chi connectivity index (χ1v) is 9.42. The van der Waals surface area contributed by atoms with Gasteiger partial charge in [0, 0.05) is 30.7 Å². The zero-order chi connectivity index (χ0) is 20.1. The van der Waals surface area contributed by atoms with Crippen LogP contribution in [0.25, 0.3) is 0 Å². The normalized spacial score (nSPS) is 19.8. The molecule has 0 unspecified atom stereocenters. The minimum absolute atomic E-state index is 0.0229. The van der Waals surface area contributed by atoms with E-state index in [0.29, 0.717) is 30.6 Å². The third kappa shape index (κ3) is 5.89. The molecule has 0 aliphatic carbocycles. The van der Waals surface area contributed by atoms with Gasteiger partial charge in [0.2, 0.25) is 5.91 Å². The maximum Gasteiger partial charge on any atom is 0.251 e. The lowest BCUT2D eigenvalue weighted by molar-refractivity contribution is -0.125. The highest BCUT2D eigenvalue weighted by atomic mass is 19.1. The highest BCUT2D eigenvalue weighted by Gasteiger charge is 2.37. The van der Waals surface area contributed by atoms with Gasteiger partial charge < -0.3 is 10.6 Å². The molecule has 0 bridgehead atoms. The molecule has 2 amide bonds. The average Bonchev–Trinajstić information content (AvgIpc) is 2.97. The number of likely N-dealkylation sites (tertiary alicyclic amines) is 1. The lowest BCUT2D eigenvalue weighted by atomic mass is 10.1. The number of carbonyl (C=O) groups excluding carboxylic acids is 2. The van der Waals surface area contributed by atoms with E-state index >= 15 is 0 Å². The van der Waals surface area contributed by atoms with Crippen LogP contribution in [0.2, 0.25) is 0 Å². The average molecular weight is 375 g/mol. The predicted octanol–water partition coefficient (Wildman–Crippen LogP) is 2.80. The van der Waals surface area contributed by atoms with E-state index in [0.717, 1.165) is 0 Å².